The molecule has 55 heavy (non-hydrogen) atoms. The highest BCUT2D eigenvalue weighted by atomic mass is 16.4. The Bertz CT molecular complexity index is 3170. The lowest BCUT2D eigenvalue weighted by Gasteiger charge is -2.11. The van der Waals surface area contributed by atoms with Gasteiger partial charge in [0.2, 0.25) is 11.8 Å². The molecule has 9 heteroatoms. The molecule has 0 saturated carbocycles. The zero-order chi connectivity index (χ0) is 36.3. The van der Waals surface area contributed by atoms with Gasteiger partial charge in [-0.05, 0) is 72.8 Å². The minimum Gasteiger partial charge on any atom is -0.416 e. The Morgan fingerprint density at radius 2 is 1.13 bits per heavy atom. The molecule has 1 aliphatic heterocycles. The van der Waals surface area contributed by atoms with Crippen LogP contribution in [0.25, 0.3) is 95.0 Å². The van der Waals surface area contributed by atoms with Crippen molar-refractivity contribution < 1.29 is 4.42 Å². The van der Waals surface area contributed by atoms with E-state index in [1.165, 1.54) is 0 Å². The van der Waals surface area contributed by atoms with Crippen molar-refractivity contribution in [2.24, 2.45) is 0 Å². The van der Waals surface area contributed by atoms with Crippen LogP contribution in [0.2, 0.25) is 0 Å². The summed E-state index contributed by atoms with van der Waals surface area (Å²) < 4.78 is 10.9. The molecule has 1 N–H and O–H groups in total. The molecule has 1 aliphatic rings. The second kappa shape index (κ2) is 12.5. The first kappa shape index (κ1) is 30.9. The summed E-state index contributed by atoms with van der Waals surface area (Å²) in [5.41, 5.74) is 9.51. The fraction of sp³-hybridized carbons (Fsp3) is 0.0217. The first-order valence-electron chi connectivity index (χ1n) is 18.1. The maximum absolute atomic E-state index is 6.47. The number of pyridine rings is 3. The van der Waals surface area contributed by atoms with Crippen molar-refractivity contribution in [3.05, 3.63) is 170 Å². The molecular formula is C46H30N8O. The Kier molecular flexibility index (Phi) is 7.03. The van der Waals surface area contributed by atoms with Gasteiger partial charge in [0.25, 0.3) is 0 Å². The van der Waals surface area contributed by atoms with Crippen molar-refractivity contribution in [3.8, 4) is 45.8 Å². The molecule has 260 valence electrons. The molecule has 0 radical (unpaired) electrons. The Morgan fingerprint density at radius 1 is 0.527 bits per heavy atom. The molecule has 11 rings (SSSR count). The highest BCUT2D eigenvalue weighted by Crippen LogP contribution is 2.37. The van der Waals surface area contributed by atoms with Crippen LogP contribution in [0.1, 0.15) is 5.69 Å². The van der Waals surface area contributed by atoms with E-state index in [2.05, 4.69) is 121 Å². The van der Waals surface area contributed by atoms with Crippen LogP contribution >= 0.6 is 0 Å². The number of rotatable bonds is 6. The average Bonchev–Trinajstić information content (AvgIpc) is 3.97. The summed E-state index contributed by atoms with van der Waals surface area (Å²) in [6.45, 7) is 0.814. The number of fused-ring (bicyclic) bond motifs is 6. The molecule has 10 aromatic rings. The summed E-state index contributed by atoms with van der Waals surface area (Å²) in [6.07, 6.45) is 9.83. The molecule has 0 saturated heterocycles. The Hall–Kier alpha value is -7.65. The molecule has 9 nitrogen and oxygen atoms in total. The van der Waals surface area contributed by atoms with Crippen molar-refractivity contribution in [1.82, 2.24) is 39.6 Å². The summed E-state index contributed by atoms with van der Waals surface area (Å²) in [5.74, 6) is 2.51. The molecular weight excluding hydrogens is 681 g/mol. The van der Waals surface area contributed by atoms with Crippen molar-refractivity contribution in [3.63, 3.8) is 0 Å². The third kappa shape index (κ3) is 5.13. The molecule has 0 atom stereocenters. The third-order valence-electron chi connectivity index (χ3n) is 10.2. The molecule has 0 fully saturated rings. The lowest BCUT2D eigenvalue weighted by Crippen LogP contribution is -2.09. The molecule has 0 unspecified atom stereocenters. The van der Waals surface area contributed by atoms with Gasteiger partial charge in [0, 0.05) is 68.9 Å². The standard InChI is InChI=1S/C46H30N8O/c1-3-15-39-33(11-1)35-21-19-29(25-41(35)53(39)43-17-5-13-37(49-43)31-9-7-23-47-27-31)45-51-52-46(55-45)30-20-22-36-34-12-2-4-16-40(34)54(42(36)26-30)44-18-6-14-38(50-44)32-10-8-24-48-28-32/h1-23,25-28,48H,24H2. The van der Waals surface area contributed by atoms with Crippen molar-refractivity contribution >= 4 is 49.2 Å². The van der Waals surface area contributed by atoms with Crippen molar-refractivity contribution in [1.29, 1.82) is 0 Å². The summed E-state index contributed by atoms with van der Waals surface area (Å²) in [7, 11) is 0. The van der Waals surface area contributed by atoms with E-state index >= 15 is 0 Å². The Morgan fingerprint density at radius 3 is 1.73 bits per heavy atom. The smallest absolute Gasteiger partial charge is 0.248 e. The quantitative estimate of drug-likeness (QED) is 0.183. The second-order valence-electron chi connectivity index (χ2n) is 13.5. The number of nitrogens with one attached hydrogen (secondary N) is 1. The van der Waals surface area contributed by atoms with Crippen LogP contribution in [-0.2, 0) is 0 Å². The number of allylic oxidation sites excluding steroid dienone is 2. The van der Waals surface area contributed by atoms with Crippen LogP contribution in [-0.4, -0.2) is 40.8 Å². The lowest BCUT2D eigenvalue weighted by atomic mass is 10.1. The van der Waals surface area contributed by atoms with Crippen LogP contribution in [0, 0.1) is 0 Å². The topological polar surface area (TPSA) is 99.5 Å². The van der Waals surface area contributed by atoms with Gasteiger partial charge in [-0.2, -0.15) is 0 Å². The number of benzene rings is 4. The van der Waals surface area contributed by atoms with Gasteiger partial charge in [0.05, 0.1) is 33.5 Å². The van der Waals surface area contributed by atoms with Crippen molar-refractivity contribution in [2.75, 3.05) is 6.54 Å². The first-order valence-corrected chi connectivity index (χ1v) is 18.1. The Labute approximate surface area is 314 Å². The number of aromatic nitrogens is 7. The van der Waals surface area contributed by atoms with Gasteiger partial charge in [-0.1, -0.05) is 72.8 Å². The van der Waals surface area contributed by atoms with Gasteiger partial charge in [-0.3, -0.25) is 14.1 Å². The molecule has 0 spiro atoms. The normalized spacial score (nSPS) is 12.8. The third-order valence-corrected chi connectivity index (χ3v) is 10.2. The highest BCUT2D eigenvalue weighted by molar-refractivity contribution is 6.11. The van der Waals surface area contributed by atoms with Crippen LogP contribution in [0.15, 0.2) is 169 Å². The van der Waals surface area contributed by atoms with E-state index in [9.17, 15) is 0 Å². The van der Waals surface area contributed by atoms with Gasteiger partial charge in [0.15, 0.2) is 0 Å². The van der Waals surface area contributed by atoms with Crippen molar-refractivity contribution in [2.45, 2.75) is 0 Å². The van der Waals surface area contributed by atoms with E-state index in [4.69, 9.17) is 14.4 Å². The number of hydrogen-bond acceptors (Lipinski definition) is 7. The van der Waals surface area contributed by atoms with E-state index in [0.29, 0.717) is 11.8 Å². The predicted octanol–water partition coefficient (Wildman–Crippen LogP) is 9.95. The predicted molar refractivity (Wildman–Crippen MR) is 218 cm³/mol. The van der Waals surface area contributed by atoms with E-state index in [-0.39, 0.29) is 0 Å². The van der Waals surface area contributed by atoms with Gasteiger partial charge in [-0.15, -0.1) is 10.2 Å². The highest BCUT2D eigenvalue weighted by Gasteiger charge is 2.19. The average molecular weight is 711 g/mol. The largest absolute Gasteiger partial charge is 0.416 e. The fourth-order valence-electron chi connectivity index (χ4n) is 7.72. The molecule has 7 heterocycles. The summed E-state index contributed by atoms with van der Waals surface area (Å²) >= 11 is 0. The number of nitrogens with zero attached hydrogens (tertiary/aromatic N) is 7. The van der Waals surface area contributed by atoms with Crippen LogP contribution in [0.3, 0.4) is 0 Å². The number of dihydropyridines is 1. The van der Waals surface area contributed by atoms with Gasteiger partial charge in [-0.25, -0.2) is 9.97 Å². The van der Waals surface area contributed by atoms with Crippen LogP contribution < -0.4 is 5.32 Å². The number of hydrogen-bond donors (Lipinski definition) is 1. The molecule has 6 aromatic heterocycles. The van der Waals surface area contributed by atoms with E-state index in [0.717, 1.165) is 95.4 Å². The molecule has 0 amide bonds. The summed E-state index contributed by atoms with van der Waals surface area (Å²) in [6, 6.07) is 45.5. The van der Waals surface area contributed by atoms with Crippen LogP contribution in [0.4, 0.5) is 0 Å². The fourth-order valence-corrected chi connectivity index (χ4v) is 7.72. The lowest BCUT2D eigenvalue weighted by molar-refractivity contribution is 0.584. The maximum atomic E-state index is 6.47. The molecule has 0 aliphatic carbocycles. The monoisotopic (exact) mass is 710 g/mol. The molecule has 0 bridgehead atoms. The van der Waals surface area contributed by atoms with Gasteiger partial charge >= 0.3 is 0 Å². The zero-order valence-corrected chi connectivity index (χ0v) is 29.3. The molecule has 4 aromatic carbocycles. The minimum absolute atomic E-state index is 0.434. The van der Waals surface area contributed by atoms with E-state index in [1.807, 2.05) is 67.0 Å². The summed E-state index contributed by atoms with van der Waals surface area (Å²) in [4.78, 5) is 14.5. The van der Waals surface area contributed by atoms with E-state index < -0.39 is 0 Å². The first-order chi connectivity index (χ1) is 27.3. The summed E-state index contributed by atoms with van der Waals surface area (Å²) in [5, 5.41) is 16.9. The SMILES string of the molecule is C1=CC(c2cccc(-n3c4ccccc4c4ccc(-c5nnc(-c6ccc7c8ccccc8n(-c8cccc(-c9cccnc9)n8)c7c6)o5)cc43)n2)=CNC1. The van der Waals surface area contributed by atoms with Gasteiger partial charge < -0.3 is 9.73 Å². The van der Waals surface area contributed by atoms with Crippen LogP contribution in [0.5, 0.6) is 0 Å². The number of para-hydroxylation sites is 2. The Balaban J connectivity index is 1.02. The second-order valence-corrected chi connectivity index (χ2v) is 13.5. The zero-order valence-electron chi connectivity index (χ0n) is 29.3. The minimum atomic E-state index is 0.434. The van der Waals surface area contributed by atoms with E-state index in [1.54, 1.807) is 6.20 Å². The maximum Gasteiger partial charge on any atom is 0.248 e. The van der Waals surface area contributed by atoms with Gasteiger partial charge in [0.1, 0.15) is 11.6 Å².